The first kappa shape index (κ1) is 13.2. The first-order chi connectivity index (χ1) is 9.06. The molecule has 0 radical (unpaired) electrons. The summed E-state index contributed by atoms with van der Waals surface area (Å²) in [7, 11) is 0. The minimum absolute atomic E-state index is 0.247. The van der Waals surface area contributed by atoms with Crippen molar-refractivity contribution in [3.63, 3.8) is 0 Å². The average Bonchev–Trinajstić information content (AvgIpc) is 2.67. The van der Waals surface area contributed by atoms with Crippen LogP contribution in [0.4, 0.5) is 4.79 Å². The number of carboxylic acid groups (broad SMARTS) is 1. The number of benzene rings is 1. The van der Waals surface area contributed by atoms with Gasteiger partial charge in [-0.15, -0.1) is 0 Å². The highest BCUT2D eigenvalue weighted by Crippen LogP contribution is 2.28. The number of carboxylic acids is 1. The van der Waals surface area contributed by atoms with Crippen molar-refractivity contribution in [2.75, 3.05) is 6.61 Å². The molecule has 0 aliphatic carbocycles. The van der Waals surface area contributed by atoms with Crippen LogP contribution in [0.1, 0.15) is 5.56 Å². The van der Waals surface area contributed by atoms with Gasteiger partial charge in [0.1, 0.15) is 5.75 Å². The third-order valence-electron chi connectivity index (χ3n) is 2.20. The zero-order valence-electron chi connectivity index (χ0n) is 9.58. The summed E-state index contributed by atoms with van der Waals surface area (Å²) in [4.78, 5) is 33.2. The molecule has 0 spiro atoms. The highest BCUT2D eigenvalue weighted by molar-refractivity contribution is 8.18. The van der Waals surface area contributed by atoms with Crippen molar-refractivity contribution in [2.24, 2.45) is 0 Å². The molecule has 1 aliphatic heterocycles. The van der Waals surface area contributed by atoms with Crippen molar-refractivity contribution >= 4 is 35.0 Å². The number of ether oxygens (including phenoxy) is 1. The summed E-state index contributed by atoms with van der Waals surface area (Å²) in [6.45, 7) is -0.474. The van der Waals surface area contributed by atoms with Gasteiger partial charge in [0.05, 0.1) is 4.91 Å². The lowest BCUT2D eigenvalue weighted by molar-refractivity contribution is -0.139. The SMILES string of the molecule is O=C(O)COc1ccccc1/C=C1/SC(=O)NC1=O. The van der Waals surface area contributed by atoms with Crippen molar-refractivity contribution in [3.05, 3.63) is 34.7 Å². The molecule has 0 aromatic heterocycles. The predicted molar refractivity (Wildman–Crippen MR) is 68.7 cm³/mol. The number of carbonyl (C=O) groups is 3. The van der Waals surface area contributed by atoms with Gasteiger partial charge >= 0.3 is 5.97 Å². The van der Waals surface area contributed by atoms with Crippen LogP contribution >= 0.6 is 11.8 Å². The summed E-state index contributed by atoms with van der Waals surface area (Å²) in [5, 5.41) is 10.3. The summed E-state index contributed by atoms with van der Waals surface area (Å²) in [6.07, 6.45) is 1.49. The van der Waals surface area contributed by atoms with Crippen molar-refractivity contribution in [2.45, 2.75) is 0 Å². The second-order valence-electron chi connectivity index (χ2n) is 3.57. The van der Waals surface area contributed by atoms with Crippen LogP contribution in [-0.4, -0.2) is 28.8 Å². The Balaban J connectivity index is 2.25. The molecule has 0 bridgehead atoms. The Morgan fingerprint density at radius 2 is 2.11 bits per heavy atom. The van der Waals surface area contributed by atoms with E-state index in [-0.39, 0.29) is 4.91 Å². The van der Waals surface area contributed by atoms with Crippen LogP contribution < -0.4 is 10.1 Å². The van der Waals surface area contributed by atoms with Gasteiger partial charge in [0.2, 0.25) is 0 Å². The Bertz CT molecular complexity index is 581. The number of rotatable bonds is 4. The normalized spacial score (nSPS) is 16.5. The van der Waals surface area contributed by atoms with Crippen molar-refractivity contribution in [1.29, 1.82) is 0 Å². The first-order valence-electron chi connectivity index (χ1n) is 5.25. The summed E-state index contributed by atoms with van der Waals surface area (Å²) >= 11 is 0.791. The number of nitrogens with one attached hydrogen (secondary N) is 1. The van der Waals surface area contributed by atoms with Gasteiger partial charge in [-0.3, -0.25) is 14.9 Å². The van der Waals surface area contributed by atoms with E-state index in [1.807, 2.05) is 0 Å². The van der Waals surface area contributed by atoms with Crippen LogP contribution in [0.2, 0.25) is 0 Å². The topological polar surface area (TPSA) is 92.7 Å². The third kappa shape index (κ3) is 3.35. The van der Waals surface area contributed by atoms with E-state index in [1.165, 1.54) is 6.08 Å². The highest BCUT2D eigenvalue weighted by atomic mass is 32.2. The minimum Gasteiger partial charge on any atom is -0.481 e. The number of para-hydroxylation sites is 1. The lowest BCUT2D eigenvalue weighted by Crippen LogP contribution is -2.17. The first-order valence-corrected chi connectivity index (χ1v) is 6.06. The van der Waals surface area contributed by atoms with Crippen molar-refractivity contribution in [1.82, 2.24) is 5.32 Å². The monoisotopic (exact) mass is 279 g/mol. The maximum Gasteiger partial charge on any atom is 0.341 e. The second kappa shape index (κ2) is 5.57. The number of imide groups is 1. The van der Waals surface area contributed by atoms with Gasteiger partial charge in [0.25, 0.3) is 11.1 Å². The molecule has 1 saturated heterocycles. The number of carbonyl (C=O) groups excluding carboxylic acids is 2. The molecule has 1 aromatic carbocycles. The summed E-state index contributed by atoms with van der Waals surface area (Å²) in [5.41, 5.74) is 0.538. The fourth-order valence-corrected chi connectivity index (χ4v) is 2.11. The Morgan fingerprint density at radius 3 is 2.74 bits per heavy atom. The van der Waals surface area contributed by atoms with Crippen LogP contribution in [0.15, 0.2) is 29.2 Å². The number of thioether (sulfide) groups is 1. The molecule has 1 aromatic rings. The van der Waals surface area contributed by atoms with Gasteiger partial charge < -0.3 is 9.84 Å². The van der Waals surface area contributed by atoms with Crippen LogP contribution in [0, 0.1) is 0 Å². The van der Waals surface area contributed by atoms with Crippen molar-refractivity contribution < 1.29 is 24.2 Å². The molecule has 7 heteroatoms. The molecule has 0 atom stereocenters. The minimum atomic E-state index is -1.09. The van der Waals surface area contributed by atoms with E-state index in [0.29, 0.717) is 11.3 Å². The molecule has 2 N–H and O–H groups in total. The molecule has 19 heavy (non-hydrogen) atoms. The molecular formula is C12H9NO5S. The highest BCUT2D eigenvalue weighted by Gasteiger charge is 2.25. The third-order valence-corrected chi connectivity index (χ3v) is 3.01. The second-order valence-corrected chi connectivity index (χ2v) is 4.59. The molecule has 98 valence electrons. The standard InChI is InChI=1S/C12H9NO5S/c14-10(15)6-18-8-4-2-1-3-7(8)5-9-11(16)13-12(17)19-9/h1-5H,6H2,(H,14,15)(H,13,16,17)/b9-5+. The summed E-state index contributed by atoms with van der Waals surface area (Å²) in [5.74, 6) is -1.22. The molecular weight excluding hydrogens is 270 g/mol. The molecule has 0 unspecified atom stereocenters. The van der Waals surface area contributed by atoms with Crippen molar-refractivity contribution in [3.8, 4) is 5.75 Å². The molecule has 0 saturated carbocycles. The Hall–Kier alpha value is -2.28. The van der Waals surface area contributed by atoms with E-state index < -0.39 is 23.7 Å². The van der Waals surface area contributed by atoms with Gasteiger partial charge in [-0.2, -0.15) is 0 Å². The van der Waals surface area contributed by atoms with E-state index in [2.05, 4.69) is 5.32 Å². The fraction of sp³-hybridized carbons (Fsp3) is 0.0833. The smallest absolute Gasteiger partial charge is 0.341 e. The molecule has 2 rings (SSSR count). The van der Waals surface area contributed by atoms with E-state index in [0.717, 1.165) is 11.8 Å². The zero-order valence-corrected chi connectivity index (χ0v) is 10.4. The van der Waals surface area contributed by atoms with Gasteiger partial charge in [-0.05, 0) is 23.9 Å². The van der Waals surface area contributed by atoms with Crippen LogP contribution in [0.25, 0.3) is 6.08 Å². The van der Waals surface area contributed by atoms with Gasteiger partial charge in [0, 0.05) is 5.56 Å². The van der Waals surface area contributed by atoms with E-state index >= 15 is 0 Å². The Kier molecular flexibility index (Phi) is 3.86. The summed E-state index contributed by atoms with van der Waals surface area (Å²) < 4.78 is 5.10. The van der Waals surface area contributed by atoms with Crippen LogP contribution in [0.3, 0.4) is 0 Å². The Labute approximate surface area is 112 Å². The molecule has 6 nitrogen and oxygen atoms in total. The van der Waals surface area contributed by atoms with Gasteiger partial charge in [-0.1, -0.05) is 18.2 Å². The lowest BCUT2D eigenvalue weighted by atomic mass is 10.2. The average molecular weight is 279 g/mol. The maximum absolute atomic E-state index is 11.4. The Morgan fingerprint density at radius 1 is 1.37 bits per heavy atom. The molecule has 1 heterocycles. The van der Waals surface area contributed by atoms with E-state index in [1.54, 1.807) is 24.3 Å². The largest absolute Gasteiger partial charge is 0.481 e. The van der Waals surface area contributed by atoms with Gasteiger partial charge in [-0.25, -0.2) is 4.79 Å². The van der Waals surface area contributed by atoms with Crippen LogP contribution in [-0.2, 0) is 9.59 Å². The number of amides is 2. The van der Waals surface area contributed by atoms with E-state index in [9.17, 15) is 14.4 Å². The number of aliphatic carboxylic acids is 1. The quantitative estimate of drug-likeness (QED) is 0.811. The van der Waals surface area contributed by atoms with Gasteiger partial charge in [0.15, 0.2) is 6.61 Å². The fourth-order valence-electron chi connectivity index (χ4n) is 1.43. The lowest BCUT2D eigenvalue weighted by Gasteiger charge is -2.06. The van der Waals surface area contributed by atoms with Crippen LogP contribution in [0.5, 0.6) is 5.75 Å². The zero-order chi connectivity index (χ0) is 13.8. The summed E-state index contributed by atoms with van der Waals surface area (Å²) in [6, 6.07) is 6.67. The number of hydrogen-bond acceptors (Lipinski definition) is 5. The maximum atomic E-state index is 11.4. The molecule has 2 amide bonds. The predicted octanol–water partition coefficient (Wildman–Crippen LogP) is 1.47. The van der Waals surface area contributed by atoms with E-state index in [4.69, 9.17) is 9.84 Å². The molecule has 1 fully saturated rings. The number of hydrogen-bond donors (Lipinski definition) is 2. The molecule has 1 aliphatic rings.